The van der Waals surface area contributed by atoms with E-state index in [0.29, 0.717) is 11.4 Å². The third-order valence-corrected chi connectivity index (χ3v) is 6.13. The van der Waals surface area contributed by atoms with Gasteiger partial charge in [0.15, 0.2) is 6.61 Å². The van der Waals surface area contributed by atoms with Crippen molar-refractivity contribution in [2.45, 2.75) is 26.7 Å². The molecule has 0 fully saturated rings. The van der Waals surface area contributed by atoms with Crippen molar-refractivity contribution in [3.8, 4) is 5.75 Å². The summed E-state index contributed by atoms with van der Waals surface area (Å²) < 4.78 is 7.27. The number of hydrazine groups is 1. The van der Waals surface area contributed by atoms with Crippen LogP contribution in [0.1, 0.15) is 24.0 Å². The number of carbonyl (C=O) groups excluding carboxylic acids is 3. The molecule has 0 atom stereocenters. The molecule has 3 aromatic carbocycles. The lowest BCUT2D eigenvalue weighted by atomic mass is 10.1. The van der Waals surface area contributed by atoms with Gasteiger partial charge in [-0.2, -0.15) is 0 Å². The maximum absolute atomic E-state index is 12.1. The van der Waals surface area contributed by atoms with E-state index < -0.39 is 11.8 Å². The zero-order valence-corrected chi connectivity index (χ0v) is 21.3. The number of anilines is 1. The van der Waals surface area contributed by atoms with Crippen molar-refractivity contribution in [2.75, 3.05) is 11.9 Å². The fraction of sp³-hybridized carbons (Fsp3) is 0.208. The van der Waals surface area contributed by atoms with E-state index in [2.05, 4.69) is 48.0 Å². The second kappa shape index (κ2) is 11.3. The van der Waals surface area contributed by atoms with E-state index >= 15 is 0 Å². The molecule has 0 spiro atoms. The molecule has 3 rings (SSSR count). The molecule has 0 bridgehead atoms. The second-order valence-electron chi connectivity index (χ2n) is 7.49. The molecule has 33 heavy (non-hydrogen) atoms. The van der Waals surface area contributed by atoms with Crippen LogP contribution in [-0.2, 0) is 14.4 Å². The van der Waals surface area contributed by atoms with Gasteiger partial charge < -0.3 is 10.1 Å². The number of amides is 3. The molecule has 0 heterocycles. The van der Waals surface area contributed by atoms with Crippen LogP contribution in [0.15, 0.2) is 57.5 Å². The number of aryl methyl sites for hydroxylation is 2. The summed E-state index contributed by atoms with van der Waals surface area (Å²) in [4.78, 5) is 36.1. The molecule has 0 unspecified atom stereocenters. The van der Waals surface area contributed by atoms with Crippen molar-refractivity contribution in [3.63, 3.8) is 0 Å². The van der Waals surface area contributed by atoms with Crippen molar-refractivity contribution in [1.82, 2.24) is 10.9 Å². The van der Waals surface area contributed by atoms with E-state index in [1.165, 1.54) is 0 Å². The van der Waals surface area contributed by atoms with Crippen molar-refractivity contribution < 1.29 is 19.1 Å². The number of nitrogens with one attached hydrogen (secondary N) is 3. The maximum Gasteiger partial charge on any atom is 0.276 e. The number of benzene rings is 3. The lowest BCUT2D eigenvalue weighted by molar-refractivity contribution is -0.130. The second-order valence-corrected chi connectivity index (χ2v) is 9.20. The highest BCUT2D eigenvalue weighted by Crippen LogP contribution is 2.34. The monoisotopic (exact) mass is 575 g/mol. The molecular weight excluding hydrogens is 554 g/mol. The summed E-state index contributed by atoms with van der Waals surface area (Å²) in [6, 6.07) is 15.2. The molecule has 3 N–H and O–H groups in total. The smallest absolute Gasteiger partial charge is 0.276 e. The van der Waals surface area contributed by atoms with Crippen molar-refractivity contribution in [2.24, 2.45) is 0 Å². The Morgan fingerprint density at radius 3 is 2.33 bits per heavy atom. The van der Waals surface area contributed by atoms with Crippen LogP contribution in [0, 0.1) is 13.8 Å². The molecule has 7 nitrogen and oxygen atoms in total. The van der Waals surface area contributed by atoms with Gasteiger partial charge in [0, 0.05) is 23.0 Å². The molecule has 172 valence electrons. The van der Waals surface area contributed by atoms with E-state index in [4.69, 9.17) is 4.74 Å². The first kappa shape index (κ1) is 24.7. The fourth-order valence-electron chi connectivity index (χ4n) is 3.13. The molecule has 0 radical (unpaired) electrons. The maximum atomic E-state index is 12.1. The van der Waals surface area contributed by atoms with E-state index in [0.717, 1.165) is 30.8 Å². The Bertz CT molecular complexity index is 1210. The van der Waals surface area contributed by atoms with E-state index in [-0.39, 0.29) is 25.4 Å². The molecule has 0 aliphatic heterocycles. The lowest BCUT2D eigenvalue weighted by Crippen LogP contribution is -2.44. The number of carbonyl (C=O) groups is 3. The van der Waals surface area contributed by atoms with Crippen LogP contribution in [0.25, 0.3) is 10.8 Å². The highest BCUT2D eigenvalue weighted by atomic mass is 79.9. The summed E-state index contributed by atoms with van der Waals surface area (Å²) in [5.74, 6) is -0.767. The minimum Gasteiger partial charge on any atom is -0.483 e. The SMILES string of the molecule is Cc1ccc(NC(=O)CCC(=O)NNC(=O)COc2ccc3cc(Br)ccc3c2Br)c(C)c1. The Morgan fingerprint density at radius 2 is 1.58 bits per heavy atom. The molecule has 0 aliphatic carbocycles. The van der Waals surface area contributed by atoms with Gasteiger partial charge in [-0.05, 0) is 70.4 Å². The van der Waals surface area contributed by atoms with Crippen molar-refractivity contribution in [3.05, 3.63) is 68.6 Å². The van der Waals surface area contributed by atoms with E-state index in [1.54, 1.807) is 6.07 Å². The molecule has 0 aromatic heterocycles. The average Bonchev–Trinajstić information content (AvgIpc) is 2.77. The normalized spacial score (nSPS) is 10.5. The van der Waals surface area contributed by atoms with Crippen LogP contribution in [0.5, 0.6) is 5.75 Å². The molecular formula is C24H23Br2N3O4. The zero-order valence-electron chi connectivity index (χ0n) is 18.1. The number of hydrogen-bond acceptors (Lipinski definition) is 4. The molecule has 9 heteroatoms. The molecule has 3 amide bonds. The standard InChI is InChI=1S/C24H23Br2N3O4/c1-14-3-7-19(15(2)11-14)27-21(30)9-10-22(31)28-29-23(32)13-33-20-8-4-16-12-17(25)5-6-18(16)24(20)26/h3-8,11-12H,9-10,13H2,1-2H3,(H,27,30)(H,28,31)(H,29,32). The fourth-order valence-corrected chi connectivity index (χ4v) is 4.12. The van der Waals surface area contributed by atoms with Crippen LogP contribution in [0.3, 0.4) is 0 Å². The summed E-state index contributed by atoms with van der Waals surface area (Å²) in [6.45, 7) is 3.60. The first-order valence-corrected chi connectivity index (χ1v) is 11.8. The molecule has 0 aliphatic rings. The zero-order chi connectivity index (χ0) is 24.0. The minimum absolute atomic E-state index is 0.00826. The summed E-state index contributed by atoms with van der Waals surface area (Å²) in [5, 5.41) is 4.75. The predicted molar refractivity (Wildman–Crippen MR) is 135 cm³/mol. The van der Waals surface area contributed by atoms with Gasteiger partial charge in [0.05, 0.1) is 4.47 Å². The van der Waals surface area contributed by atoms with Crippen molar-refractivity contribution in [1.29, 1.82) is 0 Å². The number of ether oxygens (including phenoxy) is 1. The van der Waals surface area contributed by atoms with Crippen molar-refractivity contribution >= 4 is 66.0 Å². The Kier molecular flexibility index (Phi) is 8.46. The first-order chi connectivity index (χ1) is 15.7. The van der Waals surface area contributed by atoms with Gasteiger partial charge in [0.1, 0.15) is 5.75 Å². The number of halogens is 2. The predicted octanol–water partition coefficient (Wildman–Crippen LogP) is 4.93. The Balaban J connectivity index is 1.41. The van der Waals surface area contributed by atoms with Gasteiger partial charge in [-0.25, -0.2) is 0 Å². The Hall–Kier alpha value is -2.91. The Labute approximate surface area is 208 Å². The minimum atomic E-state index is -0.522. The lowest BCUT2D eigenvalue weighted by Gasteiger charge is -2.12. The van der Waals surface area contributed by atoms with Gasteiger partial charge in [-0.1, -0.05) is 45.8 Å². The largest absolute Gasteiger partial charge is 0.483 e. The Morgan fingerprint density at radius 1 is 0.848 bits per heavy atom. The third-order valence-electron chi connectivity index (χ3n) is 4.82. The average molecular weight is 577 g/mol. The first-order valence-electron chi connectivity index (χ1n) is 10.2. The van der Waals surface area contributed by atoms with Crippen LogP contribution in [-0.4, -0.2) is 24.3 Å². The van der Waals surface area contributed by atoms with Gasteiger partial charge in [0.25, 0.3) is 5.91 Å². The van der Waals surface area contributed by atoms with Crippen LogP contribution in [0.4, 0.5) is 5.69 Å². The van der Waals surface area contributed by atoms with Gasteiger partial charge >= 0.3 is 0 Å². The van der Waals surface area contributed by atoms with E-state index in [9.17, 15) is 14.4 Å². The van der Waals surface area contributed by atoms with Gasteiger partial charge in [-0.3, -0.25) is 25.2 Å². The van der Waals surface area contributed by atoms with Gasteiger partial charge in [-0.15, -0.1) is 0 Å². The summed E-state index contributed by atoms with van der Waals surface area (Å²) in [5.41, 5.74) is 7.35. The highest BCUT2D eigenvalue weighted by Gasteiger charge is 2.12. The summed E-state index contributed by atoms with van der Waals surface area (Å²) >= 11 is 6.94. The molecule has 3 aromatic rings. The van der Waals surface area contributed by atoms with Crippen LogP contribution >= 0.6 is 31.9 Å². The number of rotatable bonds is 7. The molecule has 0 saturated heterocycles. The third kappa shape index (κ3) is 7.03. The van der Waals surface area contributed by atoms with Crippen LogP contribution < -0.4 is 20.9 Å². The molecule has 0 saturated carbocycles. The van der Waals surface area contributed by atoms with Gasteiger partial charge in [0.2, 0.25) is 11.8 Å². The number of fused-ring (bicyclic) bond motifs is 1. The number of hydrogen-bond donors (Lipinski definition) is 3. The highest BCUT2D eigenvalue weighted by molar-refractivity contribution is 9.11. The van der Waals surface area contributed by atoms with Crippen LogP contribution in [0.2, 0.25) is 0 Å². The van der Waals surface area contributed by atoms with E-state index in [1.807, 2.05) is 56.3 Å². The summed E-state index contributed by atoms with van der Waals surface area (Å²) in [6.07, 6.45) is -0.0741. The topological polar surface area (TPSA) is 96.5 Å². The summed E-state index contributed by atoms with van der Waals surface area (Å²) in [7, 11) is 0. The quantitative estimate of drug-likeness (QED) is 0.348.